The Morgan fingerprint density at radius 3 is 2.23 bits per heavy atom. The van der Waals surface area contributed by atoms with Crippen LogP contribution < -0.4 is 15.0 Å². The SMILES string of the molecule is COc1ccc(N(CC(=O)Nc2ccccc2C(F)(F)F)C(C)=O)cc1. The summed E-state index contributed by atoms with van der Waals surface area (Å²) in [6, 6.07) is 11.0. The number of hydrogen-bond acceptors (Lipinski definition) is 3. The van der Waals surface area contributed by atoms with Gasteiger partial charge in [-0.1, -0.05) is 12.1 Å². The maximum Gasteiger partial charge on any atom is 0.418 e. The van der Waals surface area contributed by atoms with E-state index in [2.05, 4.69) is 5.32 Å². The summed E-state index contributed by atoms with van der Waals surface area (Å²) in [5.74, 6) is -0.594. The van der Waals surface area contributed by atoms with E-state index in [1.54, 1.807) is 24.3 Å². The molecular weight excluding hydrogens is 349 g/mol. The number of carbonyl (C=O) groups excluding carboxylic acids is 2. The predicted octanol–water partition coefficient (Wildman–Crippen LogP) is 3.71. The number of nitrogens with zero attached hydrogens (tertiary/aromatic N) is 1. The van der Waals surface area contributed by atoms with Gasteiger partial charge in [0.2, 0.25) is 11.8 Å². The zero-order valence-electron chi connectivity index (χ0n) is 14.1. The molecule has 2 aromatic rings. The van der Waals surface area contributed by atoms with E-state index in [1.807, 2.05) is 0 Å². The number of rotatable bonds is 5. The number of benzene rings is 2. The number of methoxy groups -OCH3 is 1. The molecule has 0 unspecified atom stereocenters. The smallest absolute Gasteiger partial charge is 0.418 e. The Bertz CT molecular complexity index is 789. The van der Waals surface area contributed by atoms with Crippen LogP contribution in [0.3, 0.4) is 0 Å². The van der Waals surface area contributed by atoms with Crippen LogP contribution in [0.5, 0.6) is 5.75 Å². The molecule has 0 saturated carbocycles. The van der Waals surface area contributed by atoms with Crippen LogP contribution >= 0.6 is 0 Å². The fraction of sp³-hybridized carbons (Fsp3) is 0.222. The van der Waals surface area contributed by atoms with Crippen LogP contribution in [0.15, 0.2) is 48.5 Å². The van der Waals surface area contributed by atoms with Gasteiger partial charge >= 0.3 is 6.18 Å². The van der Waals surface area contributed by atoms with Crippen molar-refractivity contribution in [3.05, 3.63) is 54.1 Å². The van der Waals surface area contributed by atoms with Crippen molar-refractivity contribution in [2.75, 3.05) is 23.9 Å². The predicted molar refractivity (Wildman–Crippen MR) is 91.1 cm³/mol. The van der Waals surface area contributed by atoms with Crippen molar-refractivity contribution in [2.45, 2.75) is 13.1 Å². The highest BCUT2D eigenvalue weighted by molar-refractivity contribution is 6.02. The molecule has 0 heterocycles. The molecule has 0 spiro atoms. The van der Waals surface area contributed by atoms with Gasteiger partial charge in [0, 0.05) is 12.6 Å². The van der Waals surface area contributed by atoms with E-state index >= 15 is 0 Å². The Kier molecular flexibility index (Phi) is 5.86. The molecule has 0 saturated heterocycles. The zero-order chi connectivity index (χ0) is 19.3. The fourth-order valence-electron chi connectivity index (χ4n) is 2.32. The van der Waals surface area contributed by atoms with Gasteiger partial charge in [-0.15, -0.1) is 0 Å². The molecule has 0 aliphatic carbocycles. The molecule has 2 aromatic carbocycles. The summed E-state index contributed by atoms with van der Waals surface area (Å²) in [6.07, 6.45) is -4.60. The number of halogens is 3. The van der Waals surface area contributed by atoms with Crippen LogP contribution in [0.2, 0.25) is 0 Å². The summed E-state index contributed by atoms with van der Waals surface area (Å²) in [4.78, 5) is 25.2. The van der Waals surface area contributed by atoms with Gasteiger partial charge in [-0.05, 0) is 36.4 Å². The molecule has 0 atom stereocenters. The molecule has 1 N–H and O–H groups in total. The highest BCUT2D eigenvalue weighted by Gasteiger charge is 2.33. The van der Waals surface area contributed by atoms with Crippen LogP contribution in [0.4, 0.5) is 24.5 Å². The van der Waals surface area contributed by atoms with Crippen molar-refractivity contribution in [1.82, 2.24) is 0 Å². The van der Waals surface area contributed by atoms with Crippen molar-refractivity contribution >= 4 is 23.2 Å². The average Bonchev–Trinajstić information content (AvgIpc) is 2.59. The van der Waals surface area contributed by atoms with E-state index in [9.17, 15) is 22.8 Å². The molecular formula is C18H17F3N2O3. The molecule has 2 amide bonds. The molecule has 0 bridgehead atoms. The topological polar surface area (TPSA) is 58.6 Å². The maximum atomic E-state index is 13.0. The molecule has 0 fully saturated rings. The summed E-state index contributed by atoms with van der Waals surface area (Å²) in [5, 5.41) is 2.22. The summed E-state index contributed by atoms with van der Waals surface area (Å²) in [5.41, 5.74) is -0.882. The molecule has 138 valence electrons. The third-order valence-electron chi connectivity index (χ3n) is 3.57. The number of ether oxygens (including phenoxy) is 1. The lowest BCUT2D eigenvalue weighted by molar-refractivity contribution is -0.137. The number of carbonyl (C=O) groups is 2. The number of anilines is 2. The van der Waals surface area contributed by atoms with Crippen molar-refractivity contribution < 1.29 is 27.5 Å². The van der Waals surface area contributed by atoms with Gasteiger partial charge in [-0.25, -0.2) is 0 Å². The second kappa shape index (κ2) is 7.90. The Balaban J connectivity index is 2.17. The van der Waals surface area contributed by atoms with Crippen molar-refractivity contribution in [2.24, 2.45) is 0 Å². The Morgan fingerprint density at radius 1 is 1.08 bits per heavy atom. The normalized spacial score (nSPS) is 11.0. The highest BCUT2D eigenvalue weighted by Crippen LogP contribution is 2.34. The second-order valence-corrected chi connectivity index (χ2v) is 5.39. The largest absolute Gasteiger partial charge is 0.497 e. The minimum Gasteiger partial charge on any atom is -0.497 e. The van der Waals surface area contributed by atoms with E-state index in [-0.39, 0.29) is 5.69 Å². The van der Waals surface area contributed by atoms with Gasteiger partial charge in [-0.2, -0.15) is 13.2 Å². The Hall–Kier alpha value is -3.03. The quantitative estimate of drug-likeness (QED) is 0.878. The summed E-state index contributed by atoms with van der Waals surface area (Å²) in [7, 11) is 1.49. The molecule has 2 rings (SSSR count). The molecule has 0 aliphatic heterocycles. The lowest BCUT2D eigenvalue weighted by atomic mass is 10.1. The van der Waals surface area contributed by atoms with Crippen molar-refractivity contribution in [3.8, 4) is 5.75 Å². The fourth-order valence-corrected chi connectivity index (χ4v) is 2.32. The van der Waals surface area contributed by atoms with Gasteiger partial charge in [0.15, 0.2) is 0 Å². The van der Waals surface area contributed by atoms with Crippen molar-refractivity contribution in [3.63, 3.8) is 0 Å². The molecule has 0 radical (unpaired) electrons. The number of amides is 2. The van der Waals surface area contributed by atoms with Crippen LogP contribution in [-0.4, -0.2) is 25.5 Å². The van der Waals surface area contributed by atoms with E-state index in [1.165, 1.54) is 26.2 Å². The highest BCUT2D eigenvalue weighted by atomic mass is 19.4. The minimum atomic E-state index is -4.60. The molecule has 8 heteroatoms. The van der Waals surface area contributed by atoms with Crippen LogP contribution in [0.25, 0.3) is 0 Å². The third-order valence-corrected chi connectivity index (χ3v) is 3.57. The number of nitrogens with one attached hydrogen (secondary N) is 1. The second-order valence-electron chi connectivity index (χ2n) is 5.39. The first-order chi connectivity index (χ1) is 12.2. The van der Waals surface area contributed by atoms with E-state index in [4.69, 9.17) is 4.74 Å². The van der Waals surface area contributed by atoms with E-state index in [0.29, 0.717) is 11.4 Å². The standard InChI is InChI=1S/C18H17F3N2O3/c1-12(24)23(13-7-9-14(26-2)10-8-13)11-17(25)22-16-6-4-3-5-15(16)18(19,20)21/h3-10H,11H2,1-2H3,(H,22,25). The zero-order valence-corrected chi connectivity index (χ0v) is 14.1. The molecule has 0 aromatic heterocycles. The summed E-state index contributed by atoms with van der Waals surface area (Å²) < 4.78 is 44.0. The first kappa shape index (κ1) is 19.3. The van der Waals surface area contributed by atoms with Crippen LogP contribution in [0.1, 0.15) is 12.5 Å². The first-order valence-electron chi connectivity index (χ1n) is 7.60. The van der Waals surface area contributed by atoms with Gasteiger partial charge in [0.05, 0.1) is 18.4 Å². The number of alkyl halides is 3. The average molecular weight is 366 g/mol. The van der Waals surface area contributed by atoms with Gasteiger partial charge in [0.25, 0.3) is 0 Å². The number of hydrogen-bond donors (Lipinski definition) is 1. The Labute approximate surface area is 148 Å². The molecule has 26 heavy (non-hydrogen) atoms. The van der Waals surface area contributed by atoms with Gasteiger partial charge in [0.1, 0.15) is 12.3 Å². The van der Waals surface area contributed by atoms with Crippen LogP contribution in [-0.2, 0) is 15.8 Å². The first-order valence-corrected chi connectivity index (χ1v) is 7.60. The third kappa shape index (κ3) is 4.75. The van der Waals surface area contributed by atoms with E-state index < -0.39 is 30.1 Å². The molecule has 0 aliphatic rings. The molecule has 5 nitrogen and oxygen atoms in total. The maximum absolute atomic E-state index is 13.0. The lowest BCUT2D eigenvalue weighted by Crippen LogP contribution is -2.36. The Morgan fingerprint density at radius 2 is 1.69 bits per heavy atom. The minimum absolute atomic E-state index is 0.358. The van der Waals surface area contributed by atoms with Gasteiger partial charge < -0.3 is 15.0 Å². The number of para-hydroxylation sites is 1. The lowest BCUT2D eigenvalue weighted by Gasteiger charge is -2.21. The van der Waals surface area contributed by atoms with E-state index in [0.717, 1.165) is 17.0 Å². The van der Waals surface area contributed by atoms with Crippen LogP contribution in [0, 0.1) is 0 Å². The van der Waals surface area contributed by atoms with Gasteiger partial charge in [-0.3, -0.25) is 9.59 Å². The summed E-state index contributed by atoms with van der Waals surface area (Å²) in [6.45, 7) is 0.842. The monoisotopic (exact) mass is 366 g/mol. The van der Waals surface area contributed by atoms with Crippen molar-refractivity contribution in [1.29, 1.82) is 0 Å². The summed E-state index contributed by atoms with van der Waals surface area (Å²) >= 11 is 0.